The second-order valence-corrected chi connectivity index (χ2v) is 4.90. The topological polar surface area (TPSA) is 49.8 Å². The third-order valence-corrected chi connectivity index (χ3v) is 3.05. The SMILES string of the molecule is CCCNc1cncc(Nc2c(Cl)cc(F)cc2Cl)n1. The van der Waals surface area contributed by atoms with Gasteiger partial charge in [-0.25, -0.2) is 9.37 Å². The van der Waals surface area contributed by atoms with Crippen LogP contribution in [0.5, 0.6) is 0 Å². The van der Waals surface area contributed by atoms with Crippen LogP contribution in [0.3, 0.4) is 0 Å². The summed E-state index contributed by atoms with van der Waals surface area (Å²) in [6.45, 7) is 2.86. The zero-order valence-corrected chi connectivity index (χ0v) is 12.3. The van der Waals surface area contributed by atoms with Gasteiger partial charge in [-0.1, -0.05) is 30.1 Å². The van der Waals surface area contributed by atoms with Gasteiger partial charge >= 0.3 is 0 Å². The molecular weight excluding hydrogens is 302 g/mol. The minimum atomic E-state index is -0.491. The lowest BCUT2D eigenvalue weighted by molar-refractivity contribution is 0.628. The lowest BCUT2D eigenvalue weighted by Crippen LogP contribution is -2.04. The summed E-state index contributed by atoms with van der Waals surface area (Å²) in [6, 6.07) is 2.37. The second-order valence-electron chi connectivity index (χ2n) is 4.09. The van der Waals surface area contributed by atoms with Gasteiger partial charge in [-0.05, 0) is 18.6 Å². The van der Waals surface area contributed by atoms with Gasteiger partial charge in [0.05, 0.1) is 28.1 Å². The smallest absolute Gasteiger partial charge is 0.151 e. The van der Waals surface area contributed by atoms with Crippen molar-refractivity contribution in [2.75, 3.05) is 17.2 Å². The van der Waals surface area contributed by atoms with Crippen molar-refractivity contribution in [1.29, 1.82) is 0 Å². The number of nitrogens with one attached hydrogen (secondary N) is 2. The Hall–Kier alpha value is -1.59. The van der Waals surface area contributed by atoms with Crippen molar-refractivity contribution in [3.8, 4) is 0 Å². The Morgan fingerprint density at radius 1 is 1.15 bits per heavy atom. The van der Waals surface area contributed by atoms with Gasteiger partial charge in [0.2, 0.25) is 0 Å². The fraction of sp³-hybridized carbons (Fsp3) is 0.231. The first-order valence-corrected chi connectivity index (χ1v) is 6.83. The zero-order chi connectivity index (χ0) is 14.5. The second kappa shape index (κ2) is 6.72. The van der Waals surface area contributed by atoms with E-state index in [1.165, 1.54) is 18.3 Å². The van der Waals surface area contributed by atoms with E-state index < -0.39 is 5.82 Å². The molecule has 1 aromatic heterocycles. The maximum Gasteiger partial charge on any atom is 0.151 e. The molecule has 0 aliphatic carbocycles. The highest BCUT2D eigenvalue weighted by molar-refractivity contribution is 6.39. The minimum Gasteiger partial charge on any atom is -0.369 e. The van der Waals surface area contributed by atoms with Gasteiger partial charge in [0.25, 0.3) is 0 Å². The summed E-state index contributed by atoms with van der Waals surface area (Å²) < 4.78 is 13.1. The van der Waals surface area contributed by atoms with E-state index in [2.05, 4.69) is 27.5 Å². The Labute approximate surface area is 126 Å². The summed E-state index contributed by atoms with van der Waals surface area (Å²) in [5.41, 5.74) is 0.400. The van der Waals surface area contributed by atoms with Crippen molar-refractivity contribution in [3.05, 3.63) is 40.4 Å². The molecule has 0 aliphatic rings. The summed E-state index contributed by atoms with van der Waals surface area (Å²) in [4.78, 5) is 8.38. The van der Waals surface area contributed by atoms with E-state index in [4.69, 9.17) is 23.2 Å². The number of halogens is 3. The first kappa shape index (κ1) is 14.8. The lowest BCUT2D eigenvalue weighted by atomic mass is 10.3. The molecule has 2 rings (SSSR count). The molecule has 2 aromatic rings. The van der Waals surface area contributed by atoms with Crippen LogP contribution >= 0.6 is 23.2 Å². The average Bonchev–Trinajstić information content (AvgIpc) is 2.41. The Morgan fingerprint density at radius 2 is 1.80 bits per heavy atom. The average molecular weight is 315 g/mol. The molecule has 0 spiro atoms. The predicted molar refractivity (Wildman–Crippen MR) is 80.5 cm³/mol. The van der Waals surface area contributed by atoms with Gasteiger partial charge in [0.1, 0.15) is 11.6 Å². The molecule has 4 nitrogen and oxygen atoms in total. The number of rotatable bonds is 5. The highest BCUT2D eigenvalue weighted by atomic mass is 35.5. The van der Waals surface area contributed by atoms with Crippen molar-refractivity contribution in [3.63, 3.8) is 0 Å². The standard InChI is InChI=1S/C13H13Cl2FN4/c1-2-3-18-11-6-17-7-12(19-11)20-13-9(14)4-8(16)5-10(13)15/h4-7H,2-3H2,1H3,(H2,18,19,20). The van der Waals surface area contributed by atoms with E-state index in [0.717, 1.165) is 13.0 Å². The number of benzene rings is 1. The van der Waals surface area contributed by atoms with Crippen LogP contribution in [-0.2, 0) is 0 Å². The highest BCUT2D eigenvalue weighted by Crippen LogP contribution is 2.33. The maximum absolute atomic E-state index is 13.1. The predicted octanol–water partition coefficient (Wildman–Crippen LogP) is 4.49. The summed E-state index contributed by atoms with van der Waals surface area (Å²) >= 11 is 11.9. The number of nitrogens with zero attached hydrogens (tertiary/aromatic N) is 2. The van der Waals surface area contributed by atoms with Crippen molar-refractivity contribution in [1.82, 2.24) is 9.97 Å². The van der Waals surface area contributed by atoms with Crippen LogP contribution in [0.1, 0.15) is 13.3 Å². The summed E-state index contributed by atoms with van der Waals surface area (Å²) in [5.74, 6) is 0.628. The fourth-order valence-electron chi connectivity index (χ4n) is 1.55. The van der Waals surface area contributed by atoms with Crippen molar-refractivity contribution < 1.29 is 4.39 Å². The number of anilines is 3. The van der Waals surface area contributed by atoms with Crippen LogP contribution in [0, 0.1) is 5.82 Å². The summed E-state index contributed by atoms with van der Waals surface area (Å²) in [5, 5.41) is 6.43. The molecule has 106 valence electrons. The van der Waals surface area contributed by atoms with Gasteiger partial charge in [0.15, 0.2) is 5.82 Å². The molecule has 7 heteroatoms. The van der Waals surface area contributed by atoms with Crippen molar-refractivity contribution >= 4 is 40.5 Å². The van der Waals surface area contributed by atoms with Crippen LogP contribution in [0.4, 0.5) is 21.7 Å². The molecule has 1 heterocycles. The maximum atomic E-state index is 13.1. The van der Waals surface area contributed by atoms with E-state index in [-0.39, 0.29) is 10.0 Å². The molecule has 0 bridgehead atoms. The van der Waals surface area contributed by atoms with Crippen LogP contribution in [-0.4, -0.2) is 16.5 Å². The molecule has 0 fully saturated rings. The van der Waals surface area contributed by atoms with Crippen molar-refractivity contribution in [2.45, 2.75) is 13.3 Å². The van der Waals surface area contributed by atoms with E-state index >= 15 is 0 Å². The molecular formula is C13H13Cl2FN4. The molecule has 0 saturated heterocycles. The van der Waals surface area contributed by atoms with Gasteiger partial charge in [-0.15, -0.1) is 0 Å². The first-order valence-electron chi connectivity index (χ1n) is 6.07. The molecule has 0 unspecified atom stereocenters. The van der Waals surface area contributed by atoms with E-state index in [1.54, 1.807) is 6.20 Å². The molecule has 0 atom stereocenters. The Balaban J connectivity index is 2.22. The van der Waals surface area contributed by atoms with Gasteiger partial charge in [-0.3, -0.25) is 4.98 Å². The number of hydrogen-bond acceptors (Lipinski definition) is 4. The Morgan fingerprint density at radius 3 is 2.45 bits per heavy atom. The molecule has 0 radical (unpaired) electrons. The van der Waals surface area contributed by atoms with Crippen LogP contribution in [0.15, 0.2) is 24.5 Å². The van der Waals surface area contributed by atoms with Gasteiger partial charge in [0, 0.05) is 6.54 Å². The quantitative estimate of drug-likeness (QED) is 0.853. The van der Waals surface area contributed by atoms with Crippen LogP contribution in [0.25, 0.3) is 0 Å². The van der Waals surface area contributed by atoms with E-state index in [1.807, 2.05) is 0 Å². The van der Waals surface area contributed by atoms with E-state index in [0.29, 0.717) is 17.3 Å². The third-order valence-electron chi connectivity index (χ3n) is 2.45. The number of aromatic nitrogens is 2. The van der Waals surface area contributed by atoms with Crippen molar-refractivity contribution in [2.24, 2.45) is 0 Å². The third kappa shape index (κ3) is 3.71. The van der Waals surface area contributed by atoms with Crippen LogP contribution in [0.2, 0.25) is 10.0 Å². The molecule has 0 aliphatic heterocycles. The normalized spacial score (nSPS) is 10.4. The highest BCUT2D eigenvalue weighted by Gasteiger charge is 2.09. The van der Waals surface area contributed by atoms with E-state index in [9.17, 15) is 4.39 Å². The Kier molecular flexibility index (Phi) is 4.98. The fourth-order valence-corrected chi connectivity index (χ4v) is 2.11. The van der Waals surface area contributed by atoms with Gasteiger partial charge < -0.3 is 10.6 Å². The summed E-state index contributed by atoms with van der Waals surface area (Å²) in [7, 11) is 0. The molecule has 0 amide bonds. The molecule has 20 heavy (non-hydrogen) atoms. The van der Waals surface area contributed by atoms with Gasteiger partial charge in [-0.2, -0.15) is 0 Å². The largest absolute Gasteiger partial charge is 0.369 e. The first-order chi connectivity index (χ1) is 9.60. The molecule has 2 N–H and O–H groups in total. The molecule has 0 saturated carbocycles. The summed E-state index contributed by atoms with van der Waals surface area (Å²) in [6.07, 6.45) is 4.14. The molecule has 1 aromatic carbocycles. The minimum absolute atomic E-state index is 0.184. The monoisotopic (exact) mass is 314 g/mol. The number of hydrogen-bond donors (Lipinski definition) is 2. The van der Waals surface area contributed by atoms with Crippen LogP contribution < -0.4 is 10.6 Å². The zero-order valence-electron chi connectivity index (χ0n) is 10.8. The Bertz CT molecular complexity index is 584. The lowest BCUT2D eigenvalue weighted by Gasteiger charge is -2.11.